The first-order valence-electron chi connectivity index (χ1n) is 5.48. The van der Waals surface area contributed by atoms with Crippen LogP contribution in [-0.4, -0.2) is 4.98 Å². The molecule has 0 spiro atoms. The van der Waals surface area contributed by atoms with Gasteiger partial charge in [-0.05, 0) is 36.4 Å². The van der Waals surface area contributed by atoms with Crippen LogP contribution in [0, 0.1) is 23.3 Å². The van der Waals surface area contributed by atoms with Crippen LogP contribution in [0.2, 0.25) is 0 Å². The highest BCUT2D eigenvalue weighted by atomic mass is 19.2. The predicted octanol–water partition coefficient (Wildman–Crippen LogP) is 4.39. The molecule has 2 aromatic carbocycles. The molecule has 0 bridgehead atoms. The lowest BCUT2D eigenvalue weighted by atomic mass is 10.1. The van der Waals surface area contributed by atoms with Gasteiger partial charge in [0.2, 0.25) is 0 Å². The Morgan fingerprint density at radius 1 is 0.789 bits per heavy atom. The molecule has 0 unspecified atom stereocenters. The molecule has 0 fully saturated rings. The van der Waals surface area contributed by atoms with Gasteiger partial charge in [-0.1, -0.05) is 0 Å². The molecule has 0 aliphatic carbocycles. The van der Waals surface area contributed by atoms with Gasteiger partial charge in [0.1, 0.15) is 5.82 Å². The summed E-state index contributed by atoms with van der Waals surface area (Å²) in [5.74, 6) is -4.44. The highest BCUT2D eigenvalue weighted by molar-refractivity contribution is 5.85. The van der Waals surface area contributed by atoms with E-state index in [0.717, 1.165) is 12.1 Å². The topological polar surface area (TPSA) is 15.8 Å². The summed E-state index contributed by atoms with van der Waals surface area (Å²) in [6.07, 6.45) is 0. The Hall–Kier alpha value is -2.30. The lowest BCUT2D eigenvalue weighted by Gasteiger charge is -2.00. The number of aromatic amines is 1. The Labute approximate surface area is 105 Å². The zero-order chi connectivity index (χ0) is 13.6. The third-order valence-corrected chi connectivity index (χ3v) is 2.88. The number of benzene rings is 2. The molecule has 3 aromatic rings. The van der Waals surface area contributed by atoms with Gasteiger partial charge in [0.15, 0.2) is 17.5 Å². The molecule has 0 saturated carbocycles. The second-order valence-corrected chi connectivity index (χ2v) is 4.17. The summed E-state index contributed by atoms with van der Waals surface area (Å²) in [5.41, 5.74) is 1.17. The van der Waals surface area contributed by atoms with Gasteiger partial charge in [-0.3, -0.25) is 0 Å². The van der Waals surface area contributed by atoms with Gasteiger partial charge >= 0.3 is 0 Å². The number of hydrogen-bond acceptors (Lipinski definition) is 0. The minimum atomic E-state index is -1.51. The summed E-state index contributed by atoms with van der Waals surface area (Å²) in [4.78, 5) is 2.89. The first-order chi connectivity index (χ1) is 9.04. The van der Waals surface area contributed by atoms with E-state index in [2.05, 4.69) is 4.98 Å². The minimum absolute atomic E-state index is 0.160. The van der Waals surface area contributed by atoms with Crippen LogP contribution in [0.3, 0.4) is 0 Å². The molecule has 0 atom stereocenters. The Morgan fingerprint density at radius 3 is 2.16 bits per heavy atom. The third-order valence-electron chi connectivity index (χ3n) is 2.88. The smallest absolute Gasteiger partial charge is 0.194 e. The highest BCUT2D eigenvalue weighted by Crippen LogP contribution is 2.27. The first-order valence-corrected chi connectivity index (χ1v) is 5.48. The van der Waals surface area contributed by atoms with Gasteiger partial charge in [0, 0.05) is 22.2 Å². The average Bonchev–Trinajstić information content (AvgIpc) is 2.78. The number of halogens is 4. The number of hydrogen-bond donors (Lipinski definition) is 1. The summed E-state index contributed by atoms with van der Waals surface area (Å²) >= 11 is 0. The molecular weight excluding hydrogens is 258 g/mol. The van der Waals surface area contributed by atoms with Gasteiger partial charge in [0.05, 0.1) is 0 Å². The predicted molar refractivity (Wildman–Crippen MR) is 63.6 cm³/mol. The van der Waals surface area contributed by atoms with E-state index >= 15 is 0 Å². The lowest BCUT2D eigenvalue weighted by Crippen LogP contribution is -1.91. The van der Waals surface area contributed by atoms with E-state index in [-0.39, 0.29) is 5.56 Å². The van der Waals surface area contributed by atoms with E-state index in [1.54, 1.807) is 6.07 Å². The number of fused-ring (bicyclic) bond motifs is 1. The van der Waals surface area contributed by atoms with Crippen molar-refractivity contribution in [2.75, 3.05) is 0 Å². The molecule has 0 aliphatic rings. The van der Waals surface area contributed by atoms with Gasteiger partial charge in [0.25, 0.3) is 0 Å². The fraction of sp³-hybridized carbons (Fsp3) is 0. The molecule has 1 nitrogen and oxygen atoms in total. The normalized spacial score (nSPS) is 11.2. The second kappa shape index (κ2) is 4.12. The van der Waals surface area contributed by atoms with Crippen molar-refractivity contribution in [1.82, 2.24) is 4.98 Å². The molecule has 19 heavy (non-hydrogen) atoms. The Morgan fingerprint density at radius 2 is 1.47 bits per heavy atom. The van der Waals surface area contributed by atoms with E-state index in [9.17, 15) is 17.6 Å². The standard InChI is InChI=1S/C14H7F4N/c15-9-1-2-12-7(3-9)6-13(19-12)8-4-10(16)14(18)11(17)5-8/h1-6,19H. The van der Waals surface area contributed by atoms with E-state index < -0.39 is 23.3 Å². The minimum Gasteiger partial charge on any atom is -0.355 e. The summed E-state index contributed by atoms with van der Waals surface area (Å²) < 4.78 is 52.2. The van der Waals surface area contributed by atoms with E-state index in [4.69, 9.17) is 0 Å². The molecule has 1 aromatic heterocycles. The Kier molecular flexibility index (Phi) is 2.55. The maximum absolute atomic E-state index is 13.2. The molecule has 0 radical (unpaired) electrons. The van der Waals surface area contributed by atoms with Crippen molar-refractivity contribution in [2.24, 2.45) is 0 Å². The summed E-state index contributed by atoms with van der Waals surface area (Å²) in [6, 6.07) is 7.41. The van der Waals surface area contributed by atoms with Gasteiger partial charge in [-0.25, -0.2) is 17.6 Å². The molecule has 0 aliphatic heterocycles. The van der Waals surface area contributed by atoms with Crippen LogP contribution in [0.15, 0.2) is 36.4 Å². The first kappa shape index (κ1) is 11.8. The monoisotopic (exact) mass is 265 g/mol. The summed E-state index contributed by atoms with van der Waals surface area (Å²) in [6.45, 7) is 0. The van der Waals surface area contributed by atoms with Crippen LogP contribution in [0.1, 0.15) is 0 Å². The SMILES string of the molecule is Fc1ccc2[nH]c(-c3cc(F)c(F)c(F)c3)cc2c1. The highest BCUT2D eigenvalue weighted by Gasteiger charge is 2.13. The van der Waals surface area contributed by atoms with Crippen LogP contribution in [0.25, 0.3) is 22.2 Å². The molecule has 96 valence electrons. The van der Waals surface area contributed by atoms with Crippen molar-refractivity contribution in [3.8, 4) is 11.3 Å². The van der Waals surface area contributed by atoms with E-state index in [1.165, 1.54) is 18.2 Å². The largest absolute Gasteiger partial charge is 0.355 e. The molecule has 0 saturated heterocycles. The molecule has 3 rings (SSSR count). The number of aromatic nitrogens is 1. The van der Waals surface area contributed by atoms with Crippen LogP contribution in [0.5, 0.6) is 0 Å². The summed E-state index contributed by atoms with van der Waals surface area (Å²) in [7, 11) is 0. The van der Waals surface area contributed by atoms with Crippen molar-refractivity contribution in [3.63, 3.8) is 0 Å². The van der Waals surface area contributed by atoms with Crippen LogP contribution in [-0.2, 0) is 0 Å². The zero-order valence-corrected chi connectivity index (χ0v) is 9.48. The molecular formula is C14H7F4N. The van der Waals surface area contributed by atoms with Crippen molar-refractivity contribution in [2.45, 2.75) is 0 Å². The van der Waals surface area contributed by atoms with E-state index in [1.807, 2.05) is 0 Å². The van der Waals surface area contributed by atoms with Crippen LogP contribution in [0.4, 0.5) is 17.6 Å². The molecule has 5 heteroatoms. The molecule has 0 amide bonds. The van der Waals surface area contributed by atoms with Crippen molar-refractivity contribution < 1.29 is 17.6 Å². The molecule has 1 heterocycles. The fourth-order valence-corrected chi connectivity index (χ4v) is 1.97. The van der Waals surface area contributed by atoms with Crippen LogP contribution < -0.4 is 0 Å². The van der Waals surface area contributed by atoms with Crippen molar-refractivity contribution >= 4 is 10.9 Å². The third kappa shape index (κ3) is 1.97. The quantitative estimate of drug-likeness (QED) is 0.496. The number of rotatable bonds is 1. The van der Waals surface area contributed by atoms with Gasteiger partial charge in [-0.2, -0.15) is 0 Å². The second-order valence-electron chi connectivity index (χ2n) is 4.17. The maximum Gasteiger partial charge on any atom is 0.194 e. The number of nitrogens with one attached hydrogen (secondary N) is 1. The van der Waals surface area contributed by atoms with Crippen LogP contribution >= 0.6 is 0 Å². The Bertz CT molecular complexity index is 753. The van der Waals surface area contributed by atoms with Gasteiger partial charge < -0.3 is 4.98 Å². The maximum atomic E-state index is 13.2. The van der Waals surface area contributed by atoms with Crippen molar-refractivity contribution in [1.29, 1.82) is 0 Å². The average molecular weight is 265 g/mol. The number of H-pyrrole nitrogens is 1. The lowest BCUT2D eigenvalue weighted by molar-refractivity contribution is 0.447. The fourth-order valence-electron chi connectivity index (χ4n) is 1.97. The Balaban J connectivity index is 2.19. The zero-order valence-electron chi connectivity index (χ0n) is 9.48. The van der Waals surface area contributed by atoms with E-state index in [0.29, 0.717) is 16.6 Å². The summed E-state index contributed by atoms with van der Waals surface area (Å²) in [5, 5.41) is 0.570. The van der Waals surface area contributed by atoms with Crippen molar-refractivity contribution in [3.05, 3.63) is 59.7 Å². The van der Waals surface area contributed by atoms with Gasteiger partial charge in [-0.15, -0.1) is 0 Å². The molecule has 1 N–H and O–H groups in total.